The standard InChI is InChI=1S/C10H15N3O5/c1-4-2-13(10(17)12-8(4)11)9-7(16)6(15)5(3-14)18-9/h2,5-7,9,14-16H,3H2,1H3,(H2,11,12,17)/t5-,6+,7-,9-/m0/s1. The summed E-state index contributed by atoms with van der Waals surface area (Å²) >= 11 is 0. The number of rotatable bonds is 2. The van der Waals surface area contributed by atoms with Gasteiger partial charge in [0.15, 0.2) is 6.23 Å². The van der Waals surface area contributed by atoms with Gasteiger partial charge in [-0.25, -0.2) is 4.79 Å². The Morgan fingerprint density at radius 3 is 2.72 bits per heavy atom. The Hall–Kier alpha value is -1.48. The second-order valence-electron chi connectivity index (χ2n) is 4.23. The normalized spacial score (nSPS) is 31.8. The molecule has 1 saturated heterocycles. The van der Waals surface area contributed by atoms with Crippen LogP contribution in [0.2, 0.25) is 0 Å². The van der Waals surface area contributed by atoms with Crippen LogP contribution >= 0.6 is 0 Å². The van der Waals surface area contributed by atoms with Crippen LogP contribution in [0.5, 0.6) is 0 Å². The van der Waals surface area contributed by atoms with Gasteiger partial charge in [0.25, 0.3) is 0 Å². The van der Waals surface area contributed by atoms with Crippen LogP contribution in [-0.4, -0.2) is 49.8 Å². The molecule has 8 nitrogen and oxygen atoms in total. The van der Waals surface area contributed by atoms with Crippen LogP contribution in [-0.2, 0) is 4.74 Å². The third kappa shape index (κ3) is 1.99. The first kappa shape index (κ1) is 13.0. The molecule has 0 radical (unpaired) electrons. The van der Waals surface area contributed by atoms with Gasteiger partial charge in [-0.05, 0) is 6.92 Å². The van der Waals surface area contributed by atoms with Crippen molar-refractivity contribution in [3.05, 3.63) is 22.2 Å². The second-order valence-corrected chi connectivity index (χ2v) is 4.23. The molecule has 5 N–H and O–H groups in total. The summed E-state index contributed by atoms with van der Waals surface area (Å²) in [6.07, 6.45) is -3.20. The van der Waals surface area contributed by atoms with E-state index in [9.17, 15) is 15.0 Å². The van der Waals surface area contributed by atoms with E-state index in [0.29, 0.717) is 5.56 Å². The molecule has 1 aromatic heterocycles. The highest BCUT2D eigenvalue weighted by atomic mass is 16.6. The number of hydrogen-bond acceptors (Lipinski definition) is 7. The maximum Gasteiger partial charge on any atom is 0.351 e. The Morgan fingerprint density at radius 2 is 2.17 bits per heavy atom. The molecule has 4 atom stereocenters. The molecule has 0 saturated carbocycles. The third-order valence-electron chi connectivity index (χ3n) is 2.97. The summed E-state index contributed by atoms with van der Waals surface area (Å²) in [6, 6.07) is 0. The van der Waals surface area contributed by atoms with E-state index in [0.717, 1.165) is 4.57 Å². The molecule has 0 bridgehead atoms. The van der Waals surface area contributed by atoms with Crippen molar-refractivity contribution in [3.8, 4) is 0 Å². The van der Waals surface area contributed by atoms with Gasteiger partial charge in [-0.2, -0.15) is 4.98 Å². The summed E-state index contributed by atoms with van der Waals surface area (Å²) in [5.74, 6) is 0.1000. The summed E-state index contributed by atoms with van der Waals surface area (Å²) in [5.41, 5.74) is 5.35. The monoisotopic (exact) mass is 257 g/mol. The first-order chi connectivity index (χ1) is 8.45. The average Bonchev–Trinajstić information content (AvgIpc) is 2.61. The molecule has 1 aliphatic rings. The minimum atomic E-state index is -1.32. The number of hydrogen-bond donors (Lipinski definition) is 4. The molecule has 1 fully saturated rings. The zero-order valence-electron chi connectivity index (χ0n) is 9.72. The molecule has 2 heterocycles. The van der Waals surface area contributed by atoms with Gasteiger partial charge in [0.1, 0.15) is 24.1 Å². The minimum absolute atomic E-state index is 0.1000. The zero-order valence-corrected chi connectivity index (χ0v) is 9.72. The summed E-state index contributed by atoms with van der Waals surface area (Å²) in [4.78, 5) is 15.2. The highest BCUT2D eigenvalue weighted by molar-refractivity contribution is 5.35. The van der Waals surface area contributed by atoms with E-state index >= 15 is 0 Å². The van der Waals surface area contributed by atoms with Crippen molar-refractivity contribution in [2.24, 2.45) is 0 Å². The van der Waals surface area contributed by atoms with Crippen molar-refractivity contribution < 1.29 is 20.1 Å². The van der Waals surface area contributed by atoms with Crippen LogP contribution < -0.4 is 11.4 Å². The number of nitrogen functional groups attached to an aromatic ring is 1. The van der Waals surface area contributed by atoms with Gasteiger partial charge in [-0.1, -0.05) is 0 Å². The summed E-state index contributed by atoms with van der Waals surface area (Å²) in [7, 11) is 0. The number of anilines is 1. The van der Waals surface area contributed by atoms with E-state index < -0.39 is 36.8 Å². The van der Waals surface area contributed by atoms with Crippen LogP contribution in [0.3, 0.4) is 0 Å². The first-order valence-corrected chi connectivity index (χ1v) is 5.43. The Bertz CT molecular complexity index is 503. The lowest BCUT2D eigenvalue weighted by molar-refractivity contribution is -0.0550. The summed E-state index contributed by atoms with van der Waals surface area (Å²) in [6.45, 7) is 1.20. The molecular weight excluding hydrogens is 242 g/mol. The molecule has 0 spiro atoms. The van der Waals surface area contributed by atoms with Gasteiger partial charge in [0.2, 0.25) is 0 Å². The van der Waals surface area contributed by atoms with Crippen molar-refractivity contribution in [2.45, 2.75) is 31.5 Å². The van der Waals surface area contributed by atoms with Crippen LogP contribution in [0.25, 0.3) is 0 Å². The van der Waals surface area contributed by atoms with Gasteiger partial charge >= 0.3 is 5.69 Å². The van der Waals surface area contributed by atoms with E-state index in [4.69, 9.17) is 15.6 Å². The fourth-order valence-corrected chi connectivity index (χ4v) is 1.87. The van der Waals surface area contributed by atoms with Crippen LogP contribution in [0.4, 0.5) is 5.82 Å². The van der Waals surface area contributed by atoms with E-state index in [-0.39, 0.29) is 5.82 Å². The number of aryl methyl sites for hydroxylation is 1. The van der Waals surface area contributed by atoms with Crippen LogP contribution in [0.15, 0.2) is 11.0 Å². The summed E-state index contributed by atoms with van der Waals surface area (Å²) < 4.78 is 6.28. The molecule has 0 aliphatic carbocycles. The van der Waals surface area contributed by atoms with Crippen molar-refractivity contribution in [2.75, 3.05) is 12.3 Å². The lowest BCUT2D eigenvalue weighted by atomic mass is 10.1. The Kier molecular flexibility index (Phi) is 3.35. The SMILES string of the molecule is Cc1cn([C@H]2O[C@@H](CO)[C@@H](O)[C@@H]2O)c(=O)nc1N. The zero-order chi connectivity index (χ0) is 13.4. The van der Waals surface area contributed by atoms with Gasteiger partial charge in [-0.3, -0.25) is 4.57 Å². The number of nitrogens with two attached hydrogens (primary N) is 1. The fraction of sp³-hybridized carbons (Fsp3) is 0.600. The van der Waals surface area contributed by atoms with Gasteiger partial charge in [0, 0.05) is 11.8 Å². The van der Waals surface area contributed by atoms with Crippen molar-refractivity contribution in [1.82, 2.24) is 9.55 Å². The van der Waals surface area contributed by atoms with Gasteiger partial charge < -0.3 is 25.8 Å². The van der Waals surface area contributed by atoms with Crippen molar-refractivity contribution >= 4 is 5.82 Å². The average molecular weight is 257 g/mol. The molecule has 2 rings (SSSR count). The van der Waals surface area contributed by atoms with E-state index in [2.05, 4.69) is 4.98 Å². The molecule has 100 valence electrons. The van der Waals surface area contributed by atoms with Crippen molar-refractivity contribution in [3.63, 3.8) is 0 Å². The fourth-order valence-electron chi connectivity index (χ4n) is 1.87. The highest BCUT2D eigenvalue weighted by Crippen LogP contribution is 2.28. The van der Waals surface area contributed by atoms with Gasteiger partial charge in [-0.15, -0.1) is 0 Å². The minimum Gasteiger partial charge on any atom is -0.394 e. The molecule has 1 aliphatic heterocycles. The lowest BCUT2D eigenvalue weighted by Gasteiger charge is -2.17. The van der Waals surface area contributed by atoms with Gasteiger partial charge in [0.05, 0.1) is 6.61 Å². The predicted octanol–water partition coefficient (Wildman–Crippen LogP) is -2.25. The second kappa shape index (κ2) is 4.65. The third-order valence-corrected chi connectivity index (χ3v) is 2.97. The highest BCUT2D eigenvalue weighted by Gasteiger charge is 2.43. The van der Waals surface area contributed by atoms with E-state index in [1.54, 1.807) is 6.92 Å². The number of aliphatic hydroxyl groups excluding tert-OH is 3. The number of aromatic nitrogens is 2. The number of aliphatic hydroxyl groups is 3. The lowest BCUT2D eigenvalue weighted by Crippen LogP contribution is -2.36. The maximum atomic E-state index is 11.7. The van der Waals surface area contributed by atoms with E-state index in [1.807, 2.05) is 0 Å². The maximum absolute atomic E-state index is 11.7. The molecule has 0 unspecified atom stereocenters. The Balaban J connectivity index is 2.39. The first-order valence-electron chi connectivity index (χ1n) is 5.43. The van der Waals surface area contributed by atoms with Crippen LogP contribution in [0, 0.1) is 6.92 Å². The predicted molar refractivity (Wildman–Crippen MR) is 60.7 cm³/mol. The number of nitrogens with zero attached hydrogens (tertiary/aromatic N) is 2. The molecular formula is C10H15N3O5. The molecule has 18 heavy (non-hydrogen) atoms. The molecule has 8 heteroatoms. The number of ether oxygens (including phenoxy) is 1. The Morgan fingerprint density at radius 1 is 1.50 bits per heavy atom. The quantitative estimate of drug-likeness (QED) is 0.470. The van der Waals surface area contributed by atoms with E-state index in [1.165, 1.54) is 6.20 Å². The molecule has 1 aromatic rings. The molecule has 0 aromatic carbocycles. The largest absolute Gasteiger partial charge is 0.394 e. The van der Waals surface area contributed by atoms with Crippen molar-refractivity contribution in [1.29, 1.82) is 0 Å². The molecule has 0 amide bonds. The smallest absolute Gasteiger partial charge is 0.351 e. The Labute approximate surface area is 102 Å². The van der Waals surface area contributed by atoms with Crippen LogP contribution in [0.1, 0.15) is 11.8 Å². The summed E-state index contributed by atoms with van der Waals surface area (Å²) in [5, 5.41) is 28.4. The topological polar surface area (TPSA) is 131 Å².